The molecule has 158 valence electrons. The van der Waals surface area contributed by atoms with Crippen molar-refractivity contribution >= 4 is 44.2 Å². The number of nitrogens with zero attached hydrogens (tertiary/aromatic N) is 2. The van der Waals surface area contributed by atoms with Crippen molar-refractivity contribution in [2.24, 2.45) is 0 Å². The van der Waals surface area contributed by atoms with Crippen molar-refractivity contribution in [3.63, 3.8) is 0 Å². The Labute approximate surface area is 192 Å². The van der Waals surface area contributed by atoms with Crippen LogP contribution in [-0.2, 0) is 5.75 Å². The normalized spacial score (nSPS) is 12.5. The summed E-state index contributed by atoms with van der Waals surface area (Å²) in [5.41, 5.74) is 3.89. The molecule has 0 unspecified atom stereocenters. The lowest BCUT2D eigenvalue weighted by atomic mass is 10.2. The highest BCUT2D eigenvalue weighted by molar-refractivity contribution is 8.76. The quantitative estimate of drug-likeness (QED) is 0.296. The average molecular weight is 473 g/mol. The number of pyridine rings is 1. The fraction of sp³-hybridized carbons (Fsp3) is 0.182. The van der Waals surface area contributed by atoms with Crippen molar-refractivity contribution in [1.29, 1.82) is 0 Å². The van der Waals surface area contributed by atoms with E-state index in [1.807, 2.05) is 42.6 Å². The van der Waals surface area contributed by atoms with Gasteiger partial charge in [0.05, 0.1) is 19.1 Å². The molecule has 5 rings (SSSR count). The SMILES string of the molecule is COc1cc[n+](-c2nc3cc4c(cc3[nH]2)OCO4)c(CSSc2cccc(Cl)c2)c1C. The van der Waals surface area contributed by atoms with E-state index >= 15 is 0 Å². The summed E-state index contributed by atoms with van der Waals surface area (Å²) in [5, 5.41) is 0.736. The first-order chi connectivity index (χ1) is 15.1. The number of methoxy groups -OCH3 is 1. The van der Waals surface area contributed by atoms with Crippen LogP contribution >= 0.6 is 33.2 Å². The number of ether oxygens (including phenoxy) is 3. The summed E-state index contributed by atoms with van der Waals surface area (Å²) in [6.07, 6.45) is 1.98. The molecule has 9 heteroatoms. The molecule has 0 amide bonds. The maximum absolute atomic E-state index is 6.11. The van der Waals surface area contributed by atoms with Gasteiger partial charge in [0.1, 0.15) is 17.0 Å². The Kier molecular flexibility index (Phi) is 5.60. The van der Waals surface area contributed by atoms with E-state index < -0.39 is 0 Å². The summed E-state index contributed by atoms with van der Waals surface area (Å²) in [7, 11) is 5.11. The molecule has 1 aliphatic heterocycles. The number of benzene rings is 2. The van der Waals surface area contributed by atoms with Gasteiger partial charge in [0.25, 0.3) is 0 Å². The second-order valence-electron chi connectivity index (χ2n) is 6.91. The third kappa shape index (κ3) is 4.03. The number of nitrogens with one attached hydrogen (secondary N) is 1. The van der Waals surface area contributed by atoms with Crippen LogP contribution in [0.5, 0.6) is 17.2 Å². The molecule has 0 fully saturated rings. The smallest absolute Gasteiger partial charge is 0.402 e. The summed E-state index contributed by atoms with van der Waals surface area (Å²) < 4.78 is 18.6. The molecule has 6 nitrogen and oxygen atoms in total. The summed E-state index contributed by atoms with van der Waals surface area (Å²) in [6, 6.07) is 13.6. The number of aromatic amines is 1. The van der Waals surface area contributed by atoms with Gasteiger partial charge < -0.3 is 14.2 Å². The largest absolute Gasteiger partial charge is 0.496 e. The highest BCUT2D eigenvalue weighted by Crippen LogP contribution is 2.37. The lowest BCUT2D eigenvalue weighted by molar-refractivity contribution is -0.610. The van der Waals surface area contributed by atoms with Crippen molar-refractivity contribution in [3.05, 3.63) is 64.9 Å². The number of imidazole rings is 1. The van der Waals surface area contributed by atoms with Gasteiger partial charge in [-0.1, -0.05) is 44.2 Å². The molecule has 3 heterocycles. The fourth-order valence-electron chi connectivity index (χ4n) is 3.45. The highest BCUT2D eigenvalue weighted by Gasteiger charge is 2.24. The first kappa shape index (κ1) is 20.4. The van der Waals surface area contributed by atoms with E-state index in [4.69, 9.17) is 30.8 Å². The number of rotatable bonds is 6. The van der Waals surface area contributed by atoms with E-state index in [0.717, 1.165) is 61.2 Å². The van der Waals surface area contributed by atoms with E-state index in [0.29, 0.717) is 0 Å². The number of hydrogen-bond donors (Lipinski definition) is 1. The van der Waals surface area contributed by atoms with Gasteiger partial charge in [-0.3, -0.25) is 0 Å². The Morgan fingerprint density at radius 1 is 1.19 bits per heavy atom. The monoisotopic (exact) mass is 472 g/mol. The maximum Gasteiger partial charge on any atom is 0.402 e. The van der Waals surface area contributed by atoms with Gasteiger partial charge >= 0.3 is 5.95 Å². The number of hydrogen-bond acceptors (Lipinski definition) is 6. The predicted molar refractivity (Wildman–Crippen MR) is 124 cm³/mol. The molecule has 1 aliphatic rings. The molecule has 0 bridgehead atoms. The Morgan fingerprint density at radius 2 is 2.03 bits per heavy atom. The Hall–Kier alpha value is -2.55. The van der Waals surface area contributed by atoms with Crippen LogP contribution in [0.15, 0.2) is 53.6 Å². The van der Waals surface area contributed by atoms with Gasteiger partial charge in [0.2, 0.25) is 6.79 Å². The third-order valence-corrected chi connectivity index (χ3v) is 7.50. The number of H-pyrrole nitrogens is 1. The number of fused-ring (bicyclic) bond motifs is 2. The molecule has 0 saturated carbocycles. The van der Waals surface area contributed by atoms with Crippen LogP contribution < -0.4 is 18.8 Å². The van der Waals surface area contributed by atoms with Crippen LogP contribution in [-0.4, -0.2) is 23.9 Å². The van der Waals surface area contributed by atoms with Crippen molar-refractivity contribution in [2.75, 3.05) is 13.9 Å². The van der Waals surface area contributed by atoms with Gasteiger partial charge in [-0.25, -0.2) is 9.55 Å². The molecule has 0 aliphatic carbocycles. The third-order valence-electron chi connectivity index (χ3n) is 5.03. The molecule has 0 spiro atoms. The van der Waals surface area contributed by atoms with Gasteiger partial charge in [-0.2, -0.15) is 0 Å². The summed E-state index contributed by atoms with van der Waals surface area (Å²) >= 11 is 6.11. The minimum absolute atomic E-state index is 0.243. The van der Waals surface area contributed by atoms with Crippen LogP contribution in [0.25, 0.3) is 17.0 Å². The zero-order chi connectivity index (χ0) is 21.4. The van der Waals surface area contributed by atoms with E-state index in [-0.39, 0.29) is 6.79 Å². The summed E-state index contributed by atoms with van der Waals surface area (Å²) in [5.74, 6) is 3.77. The standard InChI is InChI=1S/C22H19ClN3O3S2/c1-13-18(11-30-31-15-5-3-4-14(23)8-15)26(7-6-19(13)27-2)22-24-16-9-20-21(29-12-28-20)10-17(16)25-22/h3-10H,11-12H2,1-2H3,(H,24,25)/q+1. The molecule has 31 heavy (non-hydrogen) atoms. The van der Waals surface area contributed by atoms with E-state index in [1.54, 1.807) is 28.7 Å². The molecule has 0 saturated heterocycles. The Morgan fingerprint density at radius 3 is 2.84 bits per heavy atom. The van der Waals surface area contributed by atoms with Crippen LogP contribution in [0.4, 0.5) is 0 Å². The van der Waals surface area contributed by atoms with Crippen molar-refractivity contribution in [1.82, 2.24) is 9.97 Å². The van der Waals surface area contributed by atoms with Crippen LogP contribution in [0.3, 0.4) is 0 Å². The van der Waals surface area contributed by atoms with Gasteiger partial charge in [0, 0.05) is 33.7 Å². The molecule has 1 N–H and O–H groups in total. The lowest BCUT2D eigenvalue weighted by Crippen LogP contribution is -2.37. The Balaban J connectivity index is 1.48. The predicted octanol–water partition coefficient (Wildman–Crippen LogP) is 5.48. The Bertz CT molecular complexity index is 1240. The number of aromatic nitrogens is 3. The second-order valence-corrected chi connectivity index (χ2v) is 9.72. The van der Waals surface area contributed by atoms with Crippen molar-refractivity contribution in [3.8, 4) is 23.2 Å². The molecular weight excluding hydrogens is 454 g/mol. The lowest BCUT2D eigenvalue weighted by Gasteiger charge is -2.12. The maximum atomic E-state index is 6.11. The average Bonchev–Trinajstić information content (AvgIpc) is 3.38. The van der Waals surface area contributed by atoms with Crippen LogP contribution in [0.2, 0.25) is 5.02 Å². The second kappa shape index (κ2) is 8.53. The number of halogens is 1. The van der Waals surface area contributed by atoms with Crippen LogP contribution in [0.1, 0.15) is 11.3 Å². The van der Waals surface area contributed by atoms with Crippen LogP contribution in [0, 0.1) is 6.92 Å². The molecular formula is C22H19ClN3O3S2+. The minimum Gasteiger partial charge on any atom is -0.496 e. The van der Waals surface area contributed by atoms with Crippen molar-refractivity contribution in [2.45, 2.75) is 17.6 Å². The summed E-state index contributed by atoms with van der Waals surface area (Å²) in [6.45, 7) is 2.31. The fourth-order valence-corrected chi connectivity index (χ4v) is 5.91. The first-order valence-electron chi connectivity index (χ1n) is 9.55. The van der Waals surface area contributed by atoms with Gasteiger partial charge in [0.15, 0.2) is 17.0 Å². The van der Waals surface area contributed by atoms with Crippen molar-refractivity contribution < 1.29 is 18.8 Å². The first-order valence-corrected chi connectivity index (χ1v) is 12.2. The van der Waals surface area contributed by atoms with E-state index in [1.165, 1.54) is 0 Å². The zero-order valence-electron chi connectivity index (χ0n) is 16.8. The van der Waals surface area contributed by atoms with E-state index in [9.17, 15) is 0 Å². The topological polar surface area (TPSA) is 60.2 Å². The molecule has 4 aromatic rings. The highest BCUT2D eigenvalue weighted by atomic mass is 35.5. The van der Waals surface area contributed by atoms with E-state index in [2.05, 4.69) is 22.5 Å². The van der Waals surface area contributed by atoms with Gasteiger partial charge in [-0.05, 0) is 25.1 Å². The molecule has 2 aromatic carbocycles. The minimum atomic E-state index is 0.243. The summed E-state index contributed by atoms with van der Waals surface area (Å²) in [4.78, 5) is 9.31. The zero-order valence-corrected chi connectivity index (χ0v) is 19.2. The molecule has 2 aromatic heterocycles. The molecule has 0 atom stereocenters. The van der Waals surface area contributed by atoms with Gasteiger partial charge in [-0.15, -0.1) is 0 Å². The molecule has 0 radical (unpaired) electrons.